The third-order valence-electron chi connectivity index (χ3n) is 1.70. The fourth-order valence-corrected chi connectivity index (χ4v) is 0.859. The molecule has 14 heavy (non-hydrogen) atoms. The Labute approximate surface area is 83.9 Å². The Hall–Kier alpha value is -1.12. The van der Waals surface area contributed by atoms with Gasteiger partial charge in [0.15, 0.2) is 0 Å². The first-order chi connectivity index (χ1) is 6.70. The Balaban J connectivity index is 0.000000292. The van der Waals surface area contributed by atoms with E-state index in [0.717, 1.165) is 26.3 Å². The summed E-state index contributed by atoms with van der Waals surface area (Å²) >= 11 is 0. The molecule has 0 aliphatic carbocycles. The van der Waals surface area contributed by atoms with Crippen LogP contribution in [0.5, 0.6) is 0 Å². The first-order valence-electron chi connectivity index (χ1n) is 4.59. The van der Waals surface area contributed by atoms with Crippen LogP contribution in [0, 0.1) is 11.3 Å². The molecule has 0 aromatic heterocycles. The molecule has 0 bridgehead atoms. The number of hydrogen-bond donors (Lipinski definition) is 1. The average Bonchev–Trinajstić information content (AvgIpc) is 2.21. The minimum atomic E-state index is -0.745. The molecule has 1 saturated heterocycles. The largest absolute Gasteiger partial charge is 0.481 e. The predicted molar refractivity (Wildman–Crippen MR) is 50.8 cm³/mol. The maximum absolute atomic E-state index is 9.37. The molecule has 0 unspecified atom stereocenters. The second-order valence-corrected chi connectivity index (χ2v) is 2.79. The van der Waals surface area contributed by atoms with Crippen LogP contribution in [0.2, 0.25) is 0 Å². The Bertz CT molecular complexity index is 195. The summed E-state index contributed by atoms with van der Waals surface area (Å²) in [6, 6.07) is 2.11. The van der Waals surface area contributed by atoms with E-state index in [-0.39, 0.29) is 6.42 Å². The molecule has 1 aliphatic rings. The number of aliphatic carboxylic acids is 1. The van der Waals surface area contributed by atoms with Crippen molar-refractivity contribution >= 4 is 5.97 Å². The average molecular weight is 200 g/mol. The molecule has 0 amide bonds. The molecule has 0 saturated carbocycles. The predicted octanol–water partition coefficient (Wildman–Crippen LogP) is 0.323. The van der Waals surface area contributed by atoms with E-state index in [0.29, 0.717) is 6.54 Å². The molecule has 80 valence electrons. The van der Waals surface area contributed by atoms with E-state index >= 15 is 0 Å². The quantitative estimate of drug-likeness (QED) is 0.650. The summed E-state index contributed by atoms with van der Waals surface area (Å²) in [5, 5.41) is 16.0. The molecule has 1 N–H and O–H groups in total. The zero-order valence-corrected chi connectivity index (χ0v) is 8.40. The van der Waals surface area contributed by atoms with Crippen molar-refractivity contribution in [1.82, 2.24) is 4.90 Å². The van der Waals surface area contributed by atoms with Crippen molar-refractivity contribution in [3.63, 3.8) is 0 Å². The summed E-state index contributed by atoms with van der Waals surface area (Å²) in [4.78, 5) is 11.5. The topological polar surface area (TPSA) is 73.6 Å². The van der Waals surface area contributed by atoms with Gasteiger partial charge >= 0.3 is 5.97 Å². The molecule has 1 fully saturated rings. The van der Waals surface area contributed by atoms with E-state index in [9.17, 15) is 4.79 Å². The lowest BCUT2D eigenvalue weighted by molar-refractivity contribution is -0.136. The molecule has 5 nitrogen and oxygen atoms in total. The van der Waals surface area contributed by atoms with Gasteiger partial charge in [-0.3, -0.25) is 9.69 Å². The zero-order chi connectivity index (χ0) is 10.8. The fourth-order valence-electron chi connectivity index (χ4n) is 0.859. The smallest absolute Gasteiger partial charge is 0.303 e. The number of carbonyl (C=O) groups is 1. The van der Waals surface area contributed by atoms with Crippen LogP contribution < -0.4 is 0 Å². The van der Waals surface area contributed by atoms with Gasteiger partial charge in [-0.25, -0.2) is 0 Å². The zero-order valence-electron chi connectivity index (χ0n) is 8.40. The summed E-state index contributed by atoms with van der Waals surface area (Å²) in [5.41, 5.74) is 0. The fraction of sp³-hybridized carbons (Fsp3) is 0.778. The maximum atomic E-state index is 9.37. The second kappa shape index (κ2) is 8.48. The van der Waals surface area contributed by atoms with E-state index in [1.807, 2.05) is 0 Å². The number of nitriles is 1. The highest BCUT2D eigenvalue weighted by molar-refractivity contribution is 5.66. The van der Waals surface area contributed by atoms with Crippen molar-refractivity contribution in [2.75, 3.05) is 32.8 Å². The van der Waals surface area contributed by atoms with Crippen LogP contribution in [-0.2, 0) is 9.53 Å². The van der Waals surface area contributed by atoms with Crippen LogP contribution in [0.25, 0.3) is 0 Å². The third kappa shape index (κ3) is 7.53. The van der Waals surface area contributed by atoms with Gasteiger partial charge in [-0.2, -0.15) is 5.26 Å². The molecule has 1 aliphatic heterocycles. The van der Waals surface area contributed by atoms with Gasteiger partial charge in [0.1, 0.15) is 0 Å². The van der Waals surface area contributed by atoms with Crippen molar-refractivity contribution in [1.29, 1.82) is 5.26 Å². The summed E-state index contributed by atoms with van der Waals surface area (Å²) in [6.07, 6.45) is 0.222. The van der Waals surface area contributed by atoms with Crippen LogP contribution >= 0.6 is 0 Å². The second-order valence-electron chi connectivity index (χ2n) is 2.79. The highest BCUT2D eigenvalue weighted by Crippen LogP contribution is 1.93. The minimum absolute atomic E-state index is 0.222. The molecule has 0 radical (unpaired) electrons. The van der Waals surface area contributed by atoms with Crippen molar-refractivity contribution < 1.29 is 14.6 Å². The number of carboxylic acids is 1. The van der Waals surface area contributed by atoms with Gasteiger partial charge in [-0.1, -0.05) is 6.92 Å². The van der Waals surface area contributed by atoms with Gasteiger partial charge in [-0.15, -0.1) is 0 Å². The van der Waals surface area contributed by atoms with E-state index in [4.69, 9.17) is 15.1 Å². The normalized spacial score (nSPS) is 16.3. The lowest BCUT2D eigenvalue weighted by Crippen LogP contribution is -2.36. The third-order valence-corrected chi connectivity index (χ3v) is 1.70. The molecule has 1 rings (SSSR count). The number of rotatable bonds is 2. The maximum Gasteiger partial charge on any atom is 0.303 e. The van der Waals surface area contributed by atoms with E-state index in [2.05, 4.69) is 11.0 Å². The summed E-state index contributed by atoms with van der Waals surface area (Å²) < 4.78 is 5.09. The number of carboxylic acid groups (broad SMARTS) is 1. The Kier molecular flexibility index (Phi) is 7.80. The Morgan fingerprint density at radius 1 is 1.57 bits per heavy atom. The van der Waals surface area contributed by atoms with E-state index in [1.165, 1.54) is 0 Å². The van der Waals surface area contributed by atoms with Crippen LogP contribution in [0.1, 0.15) is 13.3 Å². The molecule has 5 heteroatoms. The molecule has 0 spiro atoms. The molecular formula is C9H16N2O3. The molecule has 0 aromatic carbocycles. The molecule has 1 heterocycles. The van der Waals surface area contributed by atoms with Crippen molar-refractivity contribution in [2.45, 2.75) is 13.3 Å². The van der Waals surface area contributed by atoms with Gasteiger partial charge in [0.05, 0.1) is 25.8 Å². The van der Waals surface area contributed by atoms with Gasteiger partial charge in [-0.05, 0) is 0 Å². The first-order valence-corrected chi connectivity index (χ1v) is 4.59. The lowest BCUT2D eigenvalue weighted by Gasteiger charge is -2.23. The Morgan fingerprint density at radius 2 is 2.07 bits per heavy atom. The van der Waals surface area contributed by atoms with Crippen LogP contribution in [0.3, 0.4) is 0 Å². The van der Waals surface area contributed by atoms with E-state index < -0.39 is 5.97 Å². The highest BCUT2D eigenvalue weighted by atomic mass is 16.5. The standard InChI is InChI=1S/C6H10N2O.C3H6O2/c7-1-2-8-3-5-9-6-4-8;1-2-3(4)5/h2-6H2;2H2,1H3,(H,4,5). The number of ether oxygens (including phenoxy) is 1. The number of nitrogens with zero attached hydrogens (tertiary/aromatic N) is 2. The van der Waals surface area contributed by atoms with Gasteiger partial charge in [0.2, 0.25) is 0 Å². The minimum Gasteiger partial charge on any atom is -0.481 e. The Morgan fingerprint density at radius 3 is 2.43 bits per heavy atom. The van der Waals surface area contributed by atoms with Crippen molar-refractivity contribution in [3.8, 4) is 6.07 Å². The van der Waals surface area contributed by atoms with Crippen LogP contribution in [0.4, 0.5) is 0 Å². The highest BCUT2D eigenvalue weighted by Gasteiger charge is 2.07. The number of morpholine rings is 1. The molecular weight excluding hydrogens is 184 g/mol. The monoisotopic (exact) mass is 200 g/mol. The van der Waals surface area contributed by atoms with Crippen LogP contribution in [0.15, 0.2) is 0 Å². The van der Waals surface area contributed by atoms with E-state index in [1.54, 1.807) is 6.92 Å². The van der Waals surface area contributed by atoms with Crippen molar-refractivity contribution in [2.24, 2.45) is 0 Å². The first kappa shape index (κ1) is 12.9. The van der Waals surface area contributed by atoms with Crippen LogP contribution in [-0.4, -0.2) is 48.8 Å². The van der Waals surface area contributed by atoms with Gasteiger partial charge in [0, 0.05) is 19.5 Å². The van der Waals surface area contributed by atoms with Gasteiger partial charge in [0.25, 0.3) is 0 Å². The summed E-state index contributed by atoms with van der Waals surface area (Å²) in [5.74, 6) is -0.745. The molecule has 0 atom stereocenters. The van der Waals surface area contributed by atoms with Crippen molar-refractivity contribution in [3.05, 3.63) is 0 Å². The summed E-state index contributed by atoms with van der Waals surface area (Å²) in [7, 11) is 0. The van der Waals surface area contributed by atoms with Gasteiger partial charge < -0.3 is 9.84 Å². The number of hydrogen-bond acceptors (Lipinski definition) is 4. The lowest BCUT2D eigenvalue weighted by atomic mass is 10.4. The SMILES string of the molecule is CCC(=O)O.N#CCN1CCOCC1. The summed E-state index contributed by atoms with van der Waals surface area (Å²) in [6.45, 7) is 5.52. The molecule has 0 aromatic rings.